The second-order valence-corrected chi connectivity index (χ2v) is 10.6. The van der Waals surface area contributed by atoms with Crippen molar-refractivity contribution in [1.29, 1.82) is 0 Å². The molecule has 4 fully saturated rings. The molecule has 5 rings (SSSR count). The van der Waals surface area contributed by atoms with E-state index < -0.39 is 12.1 Å². The van der Waals surface area contributed by atoms with Gasteiger partial charge in [-0.15, -0.1) is 0 Å². The van der Waals surface area contributed by atoms with Gasteiger partial charge in [0.25, 0.3) is 11.8 Å². The van der Waals surface area contributed by atoms with Gasteiger partial charge in [-0.25, -0.2) is 9.80 Å². The second kappa shape index (κ2) is 9.23. The minimum atomic E-state index is -0.399. The van der Waals surface area contributed by atoms with E-state index in [9.17, 15) is 19.2 Å². The molecule has 4 saturated heterocycles. The molecule has 4 aliphatic heterocycles. The molecule has 8 nitrogen and oxygen atoms in total. The van der Waals surface area contributed by atoms with Crippen LogP contribution < -0.4 is 9.80 Å². The lowest BCUT2D eigenvalue weighted by atomic mass is 9.98. The largest absolute Gasteiger partial charge is 0.291 e. The molecule has 0 N–H and O–H groups in total. The van der Waals surface area contributed by atoms with Gasteiger partial charge in [-0.2, -0.15) is 0 Å². The molecule has 34 heavy (non-hydrogen) atoms. The fourth-order valence-electron chi connectivity index (χ4n) is 6.11. The molecule has 4 heterocycles. The Hall–Kier alpha value is -2.58. The number of imide groups is 2. The summed E-state index contributed by atoms with van der Waals surface area (Å²) in [5.41, 5.74) is 0.985. The molecule has 0 saturated carbocycles. The normalized spacial score (nSPS) is 31.7. The molecule has 4 amide bonds. The van der Waals surface area contributed by atoms with Crippen LogP contribution in [0.2, 0.25) is 0 Å². The van der Waals surface area contributed by atoms with E-state index in [1.165, 1.54) is 9.80 Å². The Bertz CT molecular complexity index is 914. The van der Waals surface area contributed by atoms with Crippen molar-refractivity contribution in [3.63, 3.8) is 0 Å². The first-order valence-electron chi connectivity index (χ1n) is 12.6. The fourth-order valence-corrected chi connectivity index (χ4v) is 6.11. The highest BCUT2D eigenvalue weighted by atomic mass is 16.2. The fraction of sp³-hybridized carbons (Fsp3) is 0.615. The number of rotatable bonds is 4. The minimum Gasteiger partial charge on any atom is -0.291 e. The summed E-state index contributed by atoms with van der Waals surface area (Å²) in [5.74, 6) is 0.288. The van der Waals surface area contributed by atoms with Crippen molar-refractivity contribution in [2.75, 3.05) is 36.0 Å². The number of amides is 4. The zero-order valence-corrected chi connectivity index (χ0v) is 20.1. The van der Waals surface area contributed by atoms with E-state index in [2.05, 4.69) is 23.6 Å². The van der Waals surface area contributed by atoms with Crippen molar-refractivity contribution in [3.8, 4) is 0 Å². The Morgan fingerprint density at radius 2 is 1.03 bits per heavy atom. The SMILES string of the molecule is CC1CCCN(C2CC(=O)N(c3ccc(N4C(=O)CC(N5CCCC(C)C5)C4=O)cc3)C2=O)C1. The first-order chi connectivity index (χ1) is 16.3. The van der Waals surface area contributed by atoms with E-state index in [1.807, 2.05) is 0 Å². The van der Waals surface area contributed by atoms with E-state index in [4.69, 9.17) is 0 Å². The lowest BCUT2D eigenvalue weighted by Crippen LogP contribution is -2.46. The molecule has 182 valence electrons. The van der Waals surface area contributed by atoms with E-state index in [1.54, 1.807) is 24.3 Å². The number of likely N-dealkylation sites (tertiary alicyclic amines) is 2. The summed E-state index contributed by atoms with van der Waals surface area (Å²) in [6.07, 6.45) is 4.80. The van der Waals surface area contributed by atoms with Crippen molar-refractivity contribution in [1.82, 2.24) is 9.80 Å². The number of hydrogen-bond acceptors (Lipinski definition) is 6. The molecular weight excluding hydrogens is 432 g/mol. The predicted molar refractivity (Wildman–Crippen MR) is 128 cm³/mol. The third-order valence-corrected chi connectivity index (χ3v) is 7.87. The van der Waals surface area contributed by atoms with Gasteiger partial charge in [0.15, 0.2) is 0 Å². The molecule has 8 heteroatoms. The van der Waals surface area contributed by atoms with Crippen molar-refractivity contribution in [2.45, 2.75) is 64.5 Å². The molecular formula is C26H34N4O4. The molecule has 1 aromatic rings. The van der Waals surface area contributed by atoms with Crippen LogP contribution in [0.15, 0.2) is 24.3 Å². The third kappa shape index (κ3) is 4.18. The van der Waals surface area contributed by atoms with Crippen LogP contribution in [0, 0.1) is 11.8 Å². The van der Waals surface area contributed by atoms with Crippen LogP contribution in [0.4, 0.5) is 11.4 Å². The van der Waals surface area contributed by atoms with Gasteiger partial charge in [0, 0.05) is 13.1 Å². The monoisotopic (exact) mass is 466 g/mol. The van der Waals surface area contributed by atoms with Crippen molar-refractivity contribution in [3.05, 3.63) is 24.3 Å². The summed E-state index contributed by atoms with van der Waals surface area (Å²) < 4.78 is 0. The van der Waals surface area contributed by atoms with Crippen LogP contribution in [-0.2, 0) is 19.2 Å². The smallest absolute Gasteiger partial charge is 0.251 e. The first kappa shape index (κ1) is 23.2. The number of hydrogen-bond donors (Lipinski definition) is 0. The number of piperidine rings is 2. The predicted octanol–water partition coefficient (Wildman–Crippen LogP) is 2.41. The molecule has 0 bridgehead atoms. The maximum atomic E-state index is 13.2. The average molecular weight is 467 g/mol. The molecule has 4 aliphatic rings. The van der Waals surface area contributed by atoms with E-state index >= 15 is 0 Å². The number of carbonyl (C=O) groups is 4. The topological polar surface area (TPSA) is 81.2 Å². The summed E-state index contributed by atoms with van der Waals surface area (Å²) in [5, 5.41) is 0. The van der Waals surface area contributed by atoms with Gasteiger partial charge in [-0.1, -0.05) is 13.8 Å². The number of benzene rings is 1. The molecule has 4 atom stereocenters. The van der Waals surface area contributed by atoms with Gasteiger partial charge >= 0.3 is 0 Å². The molecule has 0 aromatic heterocycles. The molecule has 0 aliphatic carbocycles. The zero-order chi connectivity index (χ0) is 24.0. The summed E-state index contributed by atoms with van der Waals surface area (Å²) in [6, 6.07) is 5.88. The molecule has 1 aromatic carbocycles. The highest BCUT2D eigenvalue weighted by Crippen LogP contribution is 2.32. The van der Waals surface area contributed by atoms with Crippen LogP contribution in [0.25, 0.3) is 0 Å². The van der Waals surface area contributed by atoms with Crippen LogP contribution in [-0.4, -0.2) is 71.7 Å². The number of carbonyl (C=O) groups excluding carboxylic acids is 4. The molecule has 0 radical (unpaired) electrons. The Balaban J connectivity index is 1.30. The maximum absolute atomic E-state index is 13.2. The van der Waals surface area contributed by atoms with Crippen molar-refractivity contribution in [2.24, 2.45) is 11.8 Å². The lowest BCUT2D eigenvalue weighted by Gasteiger charge is -2.34. The van der Waals surface area contributed by atoms with Crippen molar-refractivity contribution >= 4 is 35.0 Å². The highest BCUT2D eigenvalue weighted by molar-refractivity contribution is 6.24. The summed E-state index contributed by atoms with van der Waals surface area (Å²) in [7, 11) is 0. The van der Waals surface area contributed by atoms with E-state index in [0.29, 0.717) is 23.2 Å². The van der Waals surface area contributed by atoms with Crippen LogP contribution in [0.5, 0.6) is 0 Å². The average Bonchev–Trinajstić information content (AvgIpc) is 3.28. The van der Waals surface area contributed by atoms with Gasteiger partial charge in [0.1, 0.15) is 0 Å². The molecule has 4 unspecified atom stereocenters. The van der Waals surface area contributed by atoms with Crippen molar-refractivity contribution < 1.29 is 19.2 Å². The second-order valence-electron chi connectivity index (χ2n) is 10.6. The van der Waals surface area contributed by atoms with E-state index in [-0.39, 0.29) is 36.5 Å². The Morgan fingerprint density at radius 3 is 1.38 bits per heavy atom. The van der Waals surface area contributed by atoms with Crippen LogP contribution in [0.3, 0.4) is 0 Å². The standard InChI is InChI=1S/C26H34N4O4/c1-17-5-3-11-27(15-17)21-13-23(31)29(25(21)33)19-7-9-20(10-8-19)30-24(32)14-22(26(30)34)28-12-4-6-18(2)16-28/h7-10,17-18,21-22H,3-6,11-16H2,1-2H3. The lowest BCUT2D eigenvalue weighted by molar-refractivity contribution is -0.124. The Kier molecular flexibility index (Phi) is 6.29. The number of anilines is 2. The summed E-state index contributed by atoms with van der Waals surface area (Å²) in [4.78, 5) is 58.6. The minimum absolute atomic E-state index is 0.181. The first-order valence-corrected chi connectivity index (χ1v) is 12.6. The van der Waals surface area contributed by atoms with Gasteiger partial charge in [0.05, 0.1) is 36.3 Å². The summed E-state index contributed by atoms with van der Waals surface area (Å²) >= 11 is 0. The Labute approximate surface area is 200 Å². The summed E-state index contributed by atoms with van der Waals surface area (Å²) in [6.45, 7) is 7.73. The van der Waals surface area contributed by atoms with Crippen LogP contribution >= 0.6 is 0 Å². The molecule has 0 spiro atoms. The van der Waals surface area contributed by atoms with E-state index in [0.717, 1.165) is 51.9 Å². The zero-order valence-electron chi connectivity index (χ0n) is 20.1. The van der Waals surface area contributed by atoms with Crippen LogP contribution in [0.1, 0.15) is 52.4 Å². The quantitative estimate of drug-likeness (QED) is 0.634. The number of nitrogens with zero attached hydrogens (tertiary/aromatic N) is 4. The van der Waals surface area contributed by atoms with Gasteiger partial charge in [-0.05, 0) is 74.9 Å². The highest BCUT2D eigenvalue weighted by Gasteiger charge is 2.45. The third-order valence-electron chi connectivity index (χ3n) is 7.87. The van der Waals surface area contributed by atoms with Gasteiger partial charge in [-0.3, -0.25) is 29.0 Å². The van der Waals surface area contributed by atoms with Gasteiger partial charge < -0.3 is 0 Å². The van der Waals surface area contributed by atoms with Gasteiger partial charge in [0.2, 0.25) is 11.8 Å². The Morgan fingerprint density at radius 1 is 0.647 bits per heavy atom. The maximum Gasteiger partial charge on any atom is 0.251 e.